The molecule has 3 fully saturated rings. The van der Waals surface area contributed by atoms with Gasteiger partial charge in [0.05, 0.1) is 49.6 Å². The van der Waals surface area contributed by atoms with Gasteiger partial charge in [-0.3, -0.25) is 4.79 Å². The second kappa shape index (κ2) is 16.3. The molecule has 2 aromatic rings. The normalized spacial score (nSPS) is 36.2. The zero-order valence-corrected chi connectivity index (χ0v) is 42.2. The van der Waals surface area contributed by atoms with Crippen LogP contribution in [0.25, 0.3) is 0 Å². The topological polar surface area (TPSA) is 152 Å². The van der Waals surface area contributed by atoms with Crippen LogP contribution >= 0.6 is 0 Å². The van der Waals surface area contributed by atoms with Gasteiger partial charge in [0, 0.05) is 156 Å². The van der Waals surface area contributed by atoms with E-state index in [4.69, 9.17) is 18.9 Å². The molecule has 13 heteroatoms. The van der Waals surface area contributed by atoms with Gasteiger partial charge in [0.25, 0.3) is 0 Å². The van der Waals surface area contributed by atoms with Gasteiger partial charge in [-0.15, -0.1) is 0 Å². The minimum absolute atomic E-state index is 0. The Morgan fingerprint density at radius 2 is 1.60 bits per heavy atom. The number of carbonyl (C=O) groups excluding carboxylic acids is 2. The standard InChI is InChI=1S/C35H42O10.3Ac/c1-19-23(36)16-35(41)30(45-31(39)21-9-7-6-8-10-21)28-33(4,29(38)27(37)26(19)32(35,2)3)24(15-25-34(28,40)18-44-25)43-17-20-11-13-22(42-5)14-12-20;;;/h6-14,23-25,27-28,30,36-37,40-41H,15-18H2,1-5H3;;;/t23?,24?,25?,27?,28?,30?,33-,34?,35?;;;/m1.../s1. The van der Waals surface area contributed by atoms with Gasteiger partial charge in [-0.1, -0.05) is 44.2 Å². The molecule has 2 saturated carbocycles. The first kappa shape index (κ1) is 43.6. The molecule has 0 amide bonds. The summed E-state index contributed by atoms with van der Waals surface area (Å²) >= 11 is 0. The Morgan fingerprint density at radius 1 is 0.979 bits per heavy atom. The van der Waals surface area contributed by atoms with Gasteiger partial charge in [-0.25, -0.2) is 4.79 Å². The van der Waals surface area contributed by atoms with E-state index in [9.17, 15) is 30.0 Å². The summed E-state index contributed by atoms with van der Waals surface area (Å²) in [5, 5.41) is 48.2. The maximum atomic E-state index is 14.8. The molecular formula is C35H42Ac3O10. The number of esters is 1. The summed E-state index contributed by atoms with van der Waals surface area (Å²) in [4.78, 5) is 28.5. The molecule has 251 valence electrons. The quantitative estimate of drug-likeness (QED) is 0.251. The molecule has 2 aromatic carbocycles. The van der Waals surface area contributed by atoms with Crippen molar-refractivity contribution in [3.8, 4) is 5.75 Å². The van der Waals surface area contributed by atoms with E-state index in [1.807, 2.05) is 12.1 Å². The van der Waals surface area contributed by atoms with E-state index < -0.39 is 70.2 Å². The third-order valence-electron chi connectivity index (χ3n) is 11.2. The minimum Gasteiger partial charge on any atom is -0.497 e. The number of carbonyl (C=O) groups is 2. The van der Waals surface area contributed by atoms with Crippen molar-refractivity contribution in [2.75, 3.05) is 13.7 Å². The minimum atomic E-state index is -2.02. The largest absolute Gasteiger partial charge is 0.497 e. The first-order valence-electron chi connectivity index (χ1n) is 15.4. The molecule has 10 nitrogen and oxygen atoms in total. The van der Waals surface area contributed by atoms with Crippen molar-refractivity contribution >= 4 is 11.8 Å². The molecule has 1 saturated heterocycles. The van der Waals surface area contributed by atoms with Crippen molar-refractivity contribution in [3.63, 3.8) is 0 Å². The molecule has 0 spiro atoms. The number of aliphatic hydroxyl groups is 4. The summed E-state index contributed by atoms with van der Waals surface area (Å²) in [5.74, 6) is -2.01. The summed E-state index contributed by atoms with van der Waals surface area (Å²) in [6, 6.07) is 15.5. The van der Waals surface area contributed by atoms with Crippen LogP contribution in [0.3, 0.4) is 0 Å². The van der Waals surface area contributed by atoms with Gasteiger partial charge >= 0.3 is 5.97 Å². The summed E-state index contributed by atoms with van der Waals surface area (Å²) in [7, 11) is 1.57. The van der Waals surface area contributed by atoms with Crippen molar-refractivity contribution in [1.29, 1.82) is 0 Å². The fourth-order valence-electron chi connectivity index (χ4n) is 8.40. The van der Waals surface area contributed by atoms with Crippen molar-refractivity contribution in [2.24, 2.45) is 16.7 Å². The summed E-state index contributed by atoms with van der Waals surface area (Å²) in [5.41, 5.74) is -5.20. The number of Topliss-reactive ketones (excluding diaryl/α,β-unsaturated/α-hetero) is 1. The molecule has 6 rings (SSSR count). The van der Waals surface area contributed by atoms with Crippen molar-refractivity contribution in [1.82, 2.24) is 0 Å². The van der Waals surface area contributed by atoms with Crippen LogP contribution in [0.2, 0.25) is 0 Å². The van der Waals surface area contributed by atoms with Crippen LogP contribution in [0, 0.1) is 149 Å². The number of benzene rings is 2. The number of methoxy groups -OCH3 is 1. The average Bonchev–Trinajstić information content (AvgIpc) is 3.01. The van der Waals surface area contributed by atoms with Gasteiger partial charge in [0.15, 0.2) is 5.78 Å². The average molecular weight is 1300 g/mol. The van der Waals surface area contributed by atoms with Gasteiger partial charge in [-0.2, -0.15) is 0 Å². The molecule has 1 aliphatic heterocycles. The van der Waals surface area contributed by atoms with Crippen LogP contribution < -0.4 is 4.74 Å². The smallest absolute Gasteiger partial charge is 0.338 e. The van der Waals surface area contributed by atoms with Crippen molar-refractivity contribution in [2.45, 2.75) is 88.9 Å². The van der Waals surface area contributed by atoms with E-state index >= 15 is 0 Å². The maximum absolute atomic E-state index is 14.8. The summed E-state index contributed by atoms with van der Waals surface area (Å²) < 4.78 is 23.8. The molecule has 48 heavy (non-hydrogen) atoms. The number of hydrogen-bond acceptors (Lipinski definition) is 10. The second-order valence-corrected chi connectivity index (χ2v) is 13.8. The molecule has 1 heterocycles. The number of hydrogen-bond donors (Lipinski definition) is 4. The van der Waals surface area contributed by atoms with Gasteiger partial charge < -0.3 is 39.4 Å². The Kier molecular flexibility index (Phi) is 14.8. The van der Waals surface area contributed by atoms with Crippen LogP contribution in [-0.4, -0.2) is 87.6 Å². The third kappa shape index (κ3) is 6.97. The number of aliphatic hydroxyl groups excluding tert-OH is 2. The zero-order chi connectivity index (χ0) is 32.5. The fraction of sp³-hybridized carbons (Fsp3) is 0.543. The van der Waals surface area contributed by atoms with Gasteiger partial charge in [0.2, 0.25) is 0 Å². The SMILES string of the molecule is COc1ccc(COC2CC3OCC3(O)C3C(OC(=O)c4ccccc4)C4(O)CC(O)C(C)=C(C(O)C(=O)[C@]23C)C4(C)C)cc1.[Ac].[Ac].[Ac]. The Balaban J connectivity index is 0.00000208. The Hall–Kier alpha value is 1.20. The molecule has 3 aliphatic carbocycles. The molecule has 9 atom stereocenters. The molecule has 4 aliphatic rings. The number of ether oxygens (including phenoxy) is 4. The summed E-state index contributed by atoms with van der Waals surface area (Å²) in [6.45, 7) is 6.50. The predicted molar refractivity (Wildman–Crippen MR) is 161 cm³/mol. The zero-order valence-electron chi connectivity index (χ0n) is 28.0. The van der Waals surface area contributed by atoms with E-state index in [0.29, 0.717) is 11.3 Å². The first-order valence-corrected chi connectivity index (χ1v) is 15.4. The van der Waals surface area contributed by atoms with E-state index in [2.05, 4.69) is 0 Å². The molecule has 4 N–H and O–H groups in total. The van der Waals surface area contributed by atoms with E-state index in [1.165, 1.54) is 0 Å². The Labute approximate surface area is 388 Å². The number of ketones is 1. The van der Waals surface area contributed by atoms with Crippen LogP contribution in [0.4, 0.5) is 0 Å². The molecule has 8 unspecified atom stereocenters. The van der Waals surface area contributed by atoms with Crippen LogP contribution in [0.1, 0.15) is 56.5 Å². The van der Waals surface area contributed by atoms with E-state index in [-0.39, 0.29) is 169 Å². The third-order valence-corrected chi connectivity index (χ3v) is 11.2. The van der Waals surface area contributed by atoms with Crippen LogP contribution in [0.15, 0.2) is 65.7 Å². The van der Waals surface area contributed by atoms with Crippen LogP contribution in [-0.2, 0) is 25.6 Å². The fourth-order valence-corrected chi connectivity index (χ4v) is 8.40. The number of fused-ring (bicyclic) bond motifs is 5. The molecular weight excluding hydrogens is 1260 g/mol. The maximum Gasteiger partial charge on any atom is 0.338 e. The monoisotopic (exact) mass is 1300 g/mol. The first-order chi connectivity index (χ1) is 21.2. The number of rotatable bonds is 6. The van der Waals surface area contributed by atoms with E-state index in [1.54, 1.807) is 77.3 Å². The predicted octanol–water partition coefficient (Wildman–Crippen LogP) is 2.74. The van der Waals surface area contributed by atoms with Crippen LogP contribution in [0.5, 0.6) is 5.75 Å². The van der Waals surface area contributed by atoms with Gasteiger partial charge in [-0.05, 0) is 54.8 Å². The van der Waals surface area contributed by atoms with E-state index in [0.717, 1.165) is 5.56 Å². The van der Waals surface area contributed by atoms with Crippen molar-refractivity contribution in [3.05, 3.63) is 76.9 Å². The Morgan fingerprint density at radius 3 is 2.17 bits per heavy atom. The molecule has 0 aromatic heterocycles. The van der Waals surface area contributed by atoms with Crippen molar-refractivity contribution < 1.29 is 181 Å². The molecule has 3 radical (unpaired) electrons. The molecule has 2 bridgehead atoms. The second-order valence-electron chi connectivity index (χ2n) is 13.8. The summed E-state index contributed by atoms with van der Waals surface area (Å²) in [6.07, 6.45) is -6.32. The Bertz CT molecular complexity index is 1520. The van der Waals surface area contributed by atoms with Gasteiger partial charge in [0.1, 0.15) is 29.2 Å².